The van der Waals surface area contributed by atoms with Gasteiger partial charge in [-0.25, -0.2) is 4.98 Å². The van der Waals surface area contributed by atoms with Gasteiger partial charge in [-0.3, -0.25) is 0 Å². The van der Waals surface area contributed by atoms with E-state index >= 15 is 0 Å². The molecule has 23 heavy (non-hydrogen) atoms. The van der Waals surface area contributed by atoms with Crippen LogP contribution in [0.5, 0.6) is 0 Å². The van der Waals surface area contributed by atoms with Gasteiger partial charge in [0.2, 0.25) is 5.95 Å². The molecule has 2 aliphatic rings. The van der Waals surface area contributed by atoms with Gasteiger partial charge in [-0.15, -0.1) is 0 Å². The highest BCUT2D eigenvalue weighted by atomic mass is 15.2. The third-order valence-corrected chi connectivity index (χ3v) is 4.57. The van der Waals surface area contributed by atoms with Gasteiger partial charge in [-0.2, -0.15) is 4.98 Å². The number of anilines is 2. The summed E-state index contributed by atoms with van der Waals surface area (Å²) in [7, 11) is 0. The lowest BCUT2D eigenvalue weighted by atomic mass is 10.1. The molecule has 8 heteroatoms. The standard InChI is InChI=1S/C15H24N8/c16-22-19-11-13-12(5-7-17-13)20-15-18-8-6-14(21-15)23-9-3-1-2-4-10-23/h6,8,12-13,17H,1-5,7,9-11H2,(H,18,20,21)/t12-,13+/m0/s1. The molecule has 8 nitrogen and oxygen atoms in total. The Morgan fingerprint density at radius 2 is 2.17 bits per heavy atom. The highest BCUT2D eigenvalue weighted by molar-refractivity contribution is 5.43. The minimum absolute atomic E-state index is 0.136. The normalized spacial score (nSPS) is 24.8. The zero-order valence-electron chi connectivity index (χ0n) is 13.4. The van der Waals surface area contributed by atoms with Crippen molar-refractivity contribution in [2.75, 3.05) is 36.4 Å². The van der Waals surface area contributed by atoms with Crippen LogP contribution >= 0.6 is 0 Å². The summed E-state index contributed by atoms with van der Waals surface area (Å²) in [5.74, 6) is 1.66. The highest BCUT2D eigenvalue weighted by Gasteiger charge is 2.26. The summed E-state index contributed by atoms with van der Waals surface area (Å²) >= 11 is 0. The summed E-state index contributed by atoms with van der Waals surface area (Å²) in [6.07, 6.45) is 7.87. The zero-order chi connectivity index (χ0) is 15.9. The SMILES string of the molecule is [N-]=[N+]=NC[C@H]1NCC[C@@H]1Nc1nccc(N2CCCCCC2)n1. The van der Waals surface area contributed by atoms with Gasteiger partial charge < -0.3 is 15.5 Å². The quantitative estimate of drug-likeness (QED) is 0.493. The molecule has 1 aromatic rings. The van der Waals surface area contributed by atoms with Crippen LogP contribution in [0.1, 0.15) is 32.1 Å². The van der Waals surface area contributed by atoms with E-state index in [1.165, 1.54) is 25.7 Å². The van der Waals surface area contributed by atoms with Crippen molar-refractivity contribution in [2.24, 2.45) is 5.11 Å². The first kappa shape index (κ1) is 15.8. The Hall–Kier alpha value is -2.05. The number of hydrogen-bond donors (Lipinski definition) is 2. The summed E-state index contributed by atoms with van der Waals surface area (Å²) in [4.78, 5) is 14.2. The van der Waals surface area contributed by atoms with Crippen LogP contribution in [-0.4, -0.2) is 48.2 Å². The Balaban J connectivity index is 1.66. The smallest absolute Gasteiger partial charge is 0.224 e. The molecule has 0 saturated carbocycles. The maximum absolute atomic E-state index is 8.49. The second-order valence-electron chi connectivity index (χ2n) is 6.15. The fourth-order valence-corrected chi connectivity index (χ4v) is 3.32. The molecule has 2 atom stereocenters. The first-order valence-corrected chi connectivity index (χ1v) is 8.45. The summed E-state index contributed by atoms with van der Waals surface area (Å²) in [6.45, 7) is 3.50. The molecule has 0 amide bonds. The van der Waals surface area contributed by atoms with Crippen molar-refractivity contribution in [3.8, 4) is 0 Å². The van der Waals surface area contributed by atoms with E-state index in [-0.39, 0.29) is 12.1 Å². The van der Waals surface area contributed by atoms with E-state index in [0.717, 1.165) is 31.9 Å². The van der Waals surface area contributed by atoms with Crippen molar-refractivity contribution in [3.63, 3.8) is 0 Å². The summed E-state index contributed by atoms with van der Waals surface area (Å²) in [5.41, 5.74) is 8.49. The number of aromatic nitrogens is 2. The van der Waals surface area contributed by atoms with Gasteiger partial charge in [0.1, 0.15) is 5.82 Å². The minimum atomic E-state index is 0.136. The van der Waals surface area contributed by atoms with Crippen molar-refractivity contribution in [1.29, 1.82) is 0 Å². The number of nitrogens with one attached hydrogen (secondary N) is 2. The first-order chi connectivity index (χ1) is 11.4. The Labute approximate surface area is 136 Å². The van der Waals surface area contributed by atoms with Crippen LogP contribution in [-0.2, 0) is 0 Å². The molecule has 3 heterocycles. The average molecular weight is 316 g/mol. The Bertz CT molecular complexity index is 548. The van der Waals surface area contributed by atoms with Gasteiger partial charge in [-0.05, 0) is 37.4 Å². The Kier molecular flexibility index (Phi) is 5.50. The fraction of sp³-hybridized carbons (Fsp3) is 0.733. The van der Waals surface area contributed by atoms with Crippen molar-refractivity contribution in [1.82, 2.24) is 15.3 Å². The second kappa shape index (κ2) is 7.99. The lowest BCUT2D eigenvalue weighted by molar-refractivity contribution is 0.571. The third kappa shape index (κ3) is 4.24. The second-order valence-corrected chi connectivity index (χ2v) is 6.15. The van der Waals surface area contributed by atoms with E-state index in [9.17, 15) is 0 Å². The molecule has 2 N–H and O–H groups in total. The fourth-order valence-electron chi connectivity index (χ4n) is 3.32. The molecule has 3 rings (SSSR count). The van der Waals surface area contributed by atoms with Gasteiger partial charge in [0, 0.05) is 42.8 Å². The monoisotopic (exact) mass is 316 g/mol. The van der Waals surface area contributed by atoms with E-state index in [1.54, 1.807) is 0 Å². The van der Waals surface area contributed by atoms with Crippen LogP contribution in [0.4, 0.5) is 11.8 Å². The van der Waals surface area contributed by atoms with Gasteiger partial charge in [0.25, 0.3) is 0 Å². The largest absolute Gasteiger partial charge is 0.356 e. The summed E-state index contributed by atoms with van der Waals surface area (Å²) in [6, 6.07) is 2.32. The molecule has 0 unspecified atom stereocenters. The molecule has 0 radical (unpaired) electrons. The molecule has 2 saturated heterocycles. The van der Waals surface area contributed by atoms with Gasteiger partial charge in [-0.1, -0.05) is 18.0 Å². The first-order valence-electron chi connectivity index (χ1n) is 8.45. The van der Waals surface area contributed by atoms with Crippen molar-refractivity contribution < 1.29 is 0 Å². The van der Waals surface area contributed by atoms with Crippen LogP contribution in [0.2, 0.25) is 0 Å². The molecule has 0 spiro atoms. The van der Waals surface area contributed by atoms with Gasteiger partial charge >= 0.3 is 0 Å². The number of hydrogen-bond acceptors (Lipinski definition) is 6. The lowest BCUT2D eigenvalue weighted by Gasteiger charge is -2.23. The van der Waals surface area contributed by atoms with E-state index in [4.69, 9.17) is 5.53 Å². The number of rotatable bonds is 5. The molecular weight excluding hydrogens is 292 g/mol. The topological polar surface area (TPSA) is 102 Å². The average Bonchev–Trinajstić information content (AvgIpc) is 2.84. The van der Waals surface area contributed by atoms with E-state index in [0.29, 0.717) is 12.5 Å². The number of nitrogens with zero attached hydrogens (tertiary/aromatic N) is 6. The molecule has 2 aliphatic heterocycles. The molecular formula is C15H24N8. The van der Waals surface area contributed by atoms with E-state index in [2.05, 4.69) is 35.5 Å². The molecule has 2 fully saturated rings. The highest BCUT2D eigenvalue weighted by Crippen LogP contribution is 2.19. The lowest BCUT2D eigenvalue weighted by Crippen LogP contribution is -2.38. The molecule has 0 aromatic carbocycles. The Morgan fingerprint density at radius 3 is 2.96 bits per heavy atom. The van der Waals surface area contributed by atoms with Crippen LogP contribution in [0.25, 0.3) is 10.4 Å². The maximum Gasteiger partial charge on any atom is 0.224 e. The van der Waals surface area contributed by atoms with E-state index in [1.807, 2.05) is 12.3 Å². The Morgan fingerprint density at radius 1 is 1.35 bits per heavy atom. The molecule has 0 bridgehead atoms. The number of azide groups is 1. The van der Waals surface area contributed by atoms with Crippen LogP contribution < -0.4 is 15.5 Å². The predicted octanol–water partition coefficient (Wildman–Crippen LogP) is 2.31. The maximum atomic E-state index is 8.49. The third-order valence-electron chi connectivity index (χ3n) is 4.57. The molecule has 0 aliphatic carbocycles. The van der Waals surface area contributed by atoms with Crippen molar-refractivity contribution in [3.05, 3.63) is 22.7 Å². The van der Waals surface area contributed by atoms with Crippen molar-refractivity contribution in [2.45, 2.75) is 44.2 Å². The summed E-state index contributed by atoms with van der Waals surface area (Å²) in [5, 5.41) is 10.4. The van der Waals surface area contributed by atoms with Crippen molar-refractivity contribution >= 4 is 11.8 Å². The molecule has 124 valence electrons. The van der Waals surface area contributed by atoms with Gasteiger partial charge in [0.15, 0.2) is 0 Å². The van der Waals surface area contributed by atoms with Crippen LogP contribution in [0.3, 0.4) is 0 Å². The van der Waals surface area contributed by atoms with Gasteiger partial charge in [0.05, 0.1) is 0 Å². The predicted molar refractivity (Wildman–Crippen MR) is 90.5 cm³/mol. The summed E-state index contributed by atoms with van der Waals surface area (Å²) < 4.78 is 0. The van der Waals surface area contributed by atoms with E-state index < -0.39 is 0 Å². The molecule has 1 aromatic heterocycles. The van der Waals surface area contributed by atoms with Crippen LogP contribution in [0.15, 0.2) is 17.4 Å². The van der Waals surface area contributed by atoms with Crippen LogP contribution in [0, 0.1) is 0 Å². The zero-order valence-corrected chi connectivity index (χ0v) is 13.4. The minimum Gasteiger partial charge on any atom is -0.356 e.